The molecule has 0 radical (unpaired) electrons. The van der Waals surface area contributed by atoms with Gasteiger partial charge in [0.2, 0.25) is 0 Å². The molecule has 2 N–H and O–H groups in total. The van der Waals surface area contributed by atoms with Crippen LogP contribution in [-0.2, 0) is 0 Å². The highest BCUT2D eigenvalue weighted by molar-refractivity contribution is 6.63. The van der Waals surface area contributed by atoms with Gasteiger partial charge in [0, 0.05) is 11.6 Å². The summed E-state index contributed by atoms with van der Waals surface area (Å²) >= 11 is 6.03. The number of halogens is 1. The zero-order chi connectivity index (χ0) is 11.7. The number of rotatable bonds is 2. The Balaban J connectivity index is 2.87. The van der Waals surface area contributed by atoms with E-state index < -0.39 is 7.12 Å². The van der Waals surface area contributed by atoms with E-state index in [2.05, 4.69) is 4.98 Å². The standard InChI is InChI=1S/C10H9BClNO3/c1-16-8-5-7(12)6-3-2-4-13-10(6)9(8)11(14)15/h2-5,14-15H,1H3. The lowest BCUT2D eigenvalue weighted by molar-refractivity contribution is 0.404. The van der Waals surface area contributed by atoms with Crippen LogP contribution in [0.3, 0.4) is 0 Å². The highest BCUT2D eigenvalue weighted by atomic mass is 35.5. The Morgan fingerprint density at radius 1 is 1.44 bits per heavy atom. The number of pyridine rings is 1. The van der Waals surface area contributed by atoms with Crippen LogP contribution in [0, 0.1) is 0 Å². The first kappa shape index (κ1) is 11.2. The molecule has 2 aromatic rings. The van der Waals surface area contributed by atoms with E-state index in [0.29, 0.717) is 21.7 Å². The Morgan fingerprint density at radius 2 is 2.19 bits per heavy atom. The van der Waals surface area contributed by atoms with E-state index in [-0.39, 0.29) is 5.46 Å². The van der Waals surface area contributed by atoms with Crippen LogP contribution in [0.25, 0.3) is 10.9 Å². The summed E-state index contributed by atoms with van der Waals surface area (Å²) in [5.74, 6) is 0.311. The van der Waals surface area contributed by atoms with E-state index in [1.54, 1.807) is 24.4 Å². The number of benzene rings is 1. The second-order valence-electron chi connectivity index (χ2n) is 3.25. The third-order valence-electron chi connectivity index (χ3n) is 2.32. The first-order valence-corrected chi connectivity index (χ1v) is 5.00. The van der Waals surface area contributed by atoms with Crippen LogP contribution in [0.2, 0.25) is 5.02 Å². The summed E-state index contributed by atoms with van der Waals surface area (Å²) in [6.45, 7) is 0. The fourth-order valence-electron chi connectivity index (χ4n) is 1.62. The van der Waals surface area contributed by atoms with Crippen molar-refractivity contribution in [1.29, 1.82) is 0 Å². The SMILES string of the molecule is COc1cc(Cl)c2cccnc2c1B(O)O. The summed E-state index contributed by atoms with van der Waals surface area (Å²) in [5.41, 5.74) is 0.657. The fourth-order valence-corrected chi connectivity index (χ4v) is 1.87. The van der Waals surface area contributed by atoms with E-state index in [4.69, 9.17) is 16.3 Å². The van der Waals surface area contributed by atoms with Crippen LogP contribution in [0.5, 0.6) is 5.75 Å². The first-order valence-electron chi connectivity index (χ1n) is 4.62. The van der Waals surface area contributed by atoms with Crippen molar-refractivity contribution in [2.45, 2.75) is 0 Å². The molecule has 0 fully saturated rings. The first-order chi connectivity index (χ1) is 7.65. The molecule has 16 heavy (non-hydrogen) atoms. The van der Waals surface area contributed by atoms with Crippen molar-refractivity contribution in [3.05, 3.63) is 29.4 Å². The van der Waals surface area contributed by atoms with Gasteiger partial charge in [-0.05, 0) is 18.2 Å². The van der Waals surface area contributed by atoms with Crippen LogP contribution < -0.4 is 10.2 Å². The number of methoxy groups -OCH3 is 1. The van der Waals surface area contributed by atoms with Crippen LogP contribution >= 0.6 is 11.6 Å². The molecule has 0 aliphatic heterocycles. The quantitative estimate of drug-likeness (QED) is 0.750. The van der Waals surface area contributed by atoms with Crippen LogP contribution in [0.4, 0.5) is 0 Å². The predicted octanol–water partition coefficient (Wildman–Crippen LogP) is 0.577. The Labute approximate surface area is 97.6 Å². The zero-order valence-electron chi connectivity index (χ0n) is 8.51. The summed E-state index contributed by atoms with van der Waals surface area (Å²) in [4.78, 5) is 4.09. The second-order valence-corrected chi connectivity index (χ2v) is 3.65. The van der Waals surface area contributed by atoms with Crippen LogP contribution in [-0.4, -0.2) is 29.3 Å². The Morgan fingerprint density at radius 3 is 2.81 bits per heavy atom. The summed E-state index contributed by atoms with van der Waals surface area (Å²) in [6, 6.07) is 5.03. The maximum atomic E-state index is 9.32. The maximum Gasteiger partial charge on any atom is 0.494 e. The molecule has 0 aliphatic rings. The molecule has 1 aromatic heterocycles. The van der Waals surface area contributed by atoms with E-state index in [0.717, 1.165) is 0 Å². The highest BCUT2D eigenvalue weighted by Gasteiger charge is 2.22. The van der Waals surface area contributed by atoms with Gasteiger partial charge in [0.05, 0.1) is 23.1 Å². The summed E-state index contributed by atoms with van der Waals surface area (Å²) in [7, 11) is -0.212. The molecule has 0 aliphatic carbocycles. The minimum atomic E-state index is -1.65. The van der Waals surface area contributed by atoms with Crippen molar-refractivity contribution in [3.63, 3.8) is 0 Å². The molecule has 1 aromatic carbocycles. The Hall–Kier alpha value is -1.30. The second kappa shape index (κ2) is 4.29. The van der Waals surface area contributed by atoms with Crippen molar-refractivity contribution in [3.8, 4) is 5.75 Å². The van der Waals surface area contributed by atoms with Gasteiger partial charge in [0.25, 0.3) is 0 Å². The minimum absolute atomic E-state index is 0.225. The smallest absolute Gasteiger partial charge is 0.494 e. The number of hydrogen-bond acceptors (Lipinski definition) is 4. The number of hydrogen-bond donors (Lipinski definition) is 2. The largest absolute Gasteiger partial charge is 0.497 e. The van der Waals surface area contributed by atoms with Crippen molar-refractivity contribution < 1.29 is 14.8 Å². The lowest BCUT2D eigenvalue weighted by Gasteiger charge is -2.11. The maximum absolute atomic E-state index is 9.32. The van der Waals surface area contributed by atoms with Crippen LogP contribution in [0.15, 0.2) is 24.4 Å². The van der Waals surface area contributed by atoms with Gasteiger partial charge in [-0.1, -0.05) is 11.6 Å². The van der Waals surface area contributed by atoms with E-state index in [1.165, 1.54) is 7.11 Å². The van der Waals surface area contributed by atoms with Crippen LogP contribution in [0.1, 0.15) is 0 Å². The molecule has 2 rings (SSSR count). The highest BCUT2D eigenvalue weighted by Crippen LogP contribution is 2.26. The molecule has 1 heterocycles. The molecule has 0 atom stereocenters. The van der Waals surface area contributed by atoms with Gasteiger partial charge in [-0.3, -0.25) is 4.98 Å². The van der Waals surface area contributed by atoms with Gasteiger partial charge >= 0.3 is 7.12 Å². The zero-order valence-corrected chi connectivity index (χ0v) is 9.27. The summed E-state index contributed by atoms with van der Waals surface area (Å²) in [5, 5.41) is 19.8. The molecule has 4 nitrogen and oxygen atoms in total. The summed E-state index contributed by atoms with van der Waals surface area (Å²) in [6.07, 6.45) is 1.56. The van der Waals surface area contributed by atoms with Gasteiger partial charge < -0.3 is 14.8 Å². The minimum Gasteiger partial charge on any atom is -0.497 e. The molecule has 0 unspecified atom stereocenters. The molecule has 0 amide bonds. The Kier molecular flexibility index (Phi) is 3.00. The topological polar surface area (TPSA) is 62.6 Å². The van der Waals surface area contributed by atoms with Gasteiger partial charge in [0.15, 0.2) is 0 Å². The van der Waals surface area contributed by atoms with Crippen molar-refractivity contribution in [2.75, 3.05) is 7.11 Å². The lowest BCUT2D eigenvalue weighted by atomic mass is 9.78. The molecular formula is C10H9BClNO3. The van der Waals surface area contributed by atoms with E-state index in [1.807, 2.05) is 0 Å². The molecular weight excluding hydrogens is 228 g/mol. The van der Waals surface area contributed by atoms with Gasteiger partial charge in [-0.25, -0.2) is 0 Å². The fraction of sp³-hybridized carbons (Fsp3) is 0.100. The van der Waals surface area contributed by atoms with Crippen molar-refractivity contribution in [2.24, 2.45) is 0 Å². The summed E-state index contributed by atoms with van der Waals surface area (Å²) < 4.78 is 5.05. The average Bonchev–Trinajstić information content (AvgIpc) is 2.28. The average molecular weight is 237 g/mol. The molecule has 0 bridgehead atoms. The molecule has 6 heteroatoms. The van der Waals surface area contributed by atoms with Crippen molar-refractivity contribution >= 4 is 35.1 Å². The normalized spacial score (nSPS) is 10.5. The van der Waals surface area contributed by atoms with E-state index >= 15 is 0 Å². The van der Waals surface area contributed by atoms with E-state index in [9.17, 15) is 10.0 Å². The molecule has 0 saturated heterocycles. The third kappa shape index (κ3) is 1.73. The number of nitrogens with zero attached hydrogens (tertiary/aromatic N) is 1. The predicted molar refractivity (Wildman–Crippen MR) is 63.1 cm³/mol. The molecule has 0 saturated carbocycles. The monoisotopic (exact) mass is 237 g/mol. The van der Waals surface area contributed by atoms with Crippen molar-refractivity contribution in [1.82, 2.24) is 4.98 Å². The number of ether oxygens (including phenoxy) is 1. The molecule has 82 valence electrons. The lowest BCUT2D eigenvalue weighted by Crippen LogP contribution is -2.32. The number of fused-ring (bicyclic) bond motifs is 1. The third-order valence-corrected chi connectivity index (χ3v) is 2.63. The Bertz CT molecular complexity index is 533. The van der Waals surface area contributed by atoms with Gasteiger partial charge in [0.1, 0.15) is 5.75 Å². The number of aromatic nitrogens is 1. The van der Waals surface area contributed by atoms with Gasteiger partial charge in [-0.15, -0.1) is 0 Å². The molecule has 0 spiro atoms. The van der Waals surface area contributed by atoms with Gasteiger partial charge in [-0.2, -0.15) is 0 Å².